The Morgan fingerprint density at radius 1 is 1.24 bits per heavy atom. The molecule has 0 radical (unpaired) electrons. The van der Waals surface area contributed by atoms with Gasteiger partial charge in [-0.25, -0.2) is 9.59 Å². The quantitative estimate of drug-likeness (QED) is 0.421. The monoisotopic (exact) mass is 409 g/mol. The Labute approximate surface area is 158 Å². The molecule has 0 spiro atoms. The molecule has 136 valence electrons. The van der Waals surface area contributed by atoms with Crippen LogP contribution in [0, 0.1) is 0 Å². The van der Waals surface area contributed by atoms with E-state index >= 15 is 0 Å². The summed E-state index contributed by atoms with van der Waals surface area (Å²) in [4.78, 5) is 36.6. The van der Waals surface area contributed by atoms with Crippen LogP contribution in [0.1, 0.15) is 12.8 Å². The molecule has 1 unspecified atom stereocenters. The van der Waals surface area contributed by atoms with Crippen molar-refractivity contribution >= 4 is 52.8 Å². The SMILES string of the molecule is O=C(CCC1C(=O)OCN1C(=O)OCC(Cl)(Cl)Cl)Oc1ccccc1. The van der Waals surface area contributed by atoms with Crippen molar-refractivity contribution in [1.29, 1.82) is 0 Å². The van der Waals surface area contributed by atoms with Gasteiger partial charge in [0.2, 0.25) is 3.79 Å². The lowest BCUT2D eigenvalue weighted by atomic mass is 10.1. The minimum absolute atomic E-state index is 0.0212. The standard InChI is InChI=1S/C15H14Cl3NO6/c16-15(17,18)8-23-14(22)19-9-24-13(21)11(19)6-7-12(20)25-10-4-2-1-3-5-10/h1-5,11H,6-9H2. The lowest BCUT2D eigenvalue weighted by molar-refractivity contribution is -0.139. The molecule has 1 atom stereocenters. The number of nitrogens with zero attached hydrogens (tertiary/aromatic N) is 1. The fraction of sp³-hybridized carbons (Fsp3) is 0.400. The number of esters is 2. The topological polar surface area (TPSA) is 82.1 Å². The summed E-state index contributed by atoms with van der Waals surface area (Å²) in [6, 6.07) is 7.52. The minimum Gasteiger partial charge on any atom is -0.445 e. The number of hydrogen-bond acceptors (Lipinski definition) is 6. The molecule has 0 saturated carbocycles. The van der Waals surface area contributed by atoms with Crippen molar-refractivity contribution in [2.24, 2.45) is 0 Å². The first kappa shape index (κ1) is 19.6. The predicted molar refractivity (Wildman–Crippen MR) is 89.5 cm³/mol. The molecule has 0 bridgehead atoms. The zero-order valence-electron chi connectivity index (χ0n) is 12.8. The molecule has 1 aliphatic heterocycles. The summed E-state index contributed by atoms with van der Waals surface area (Å²) in [7, 11) is 0. The Balaban J connectivity index is 1.86. The van der Waals surface area contributed by atoms with Crippen LogP contribution < -0.4 is 4.74 Å². The van der Waals surface area contributed by atoms with E-state index in [0.717, 1.165) is 4.90 Å². The molecular weight excluding hydrogens is 397 g/mol. The van der Waals surface area contributed by atoms with Crippen molar-refractivity contribution in [3.8, 4) is 5.75 Å². The summed E-state index contributed by atoms with van der Waals surface area (Å²) in [6.45, 7) is -0.778. The maximum atomic E-state index is 12.0. The van der Waals surface area contributed by atoms with Gasteiger partial charge in [0, 0.05) is 6.42 Å². The highest BCUT2D eigenvalue weighted by atomic mass is 35.6. The fourth-order valence-corrected chi connectivity index (χ4v) is 2.22. The lowest BCUT2D eigenvalue weighted by Crippen LogP contribution is -2.40. The molecular formula is C15H14Cl3NO6. The number of halogens is 3. The highest BCUT2D eigenvalue weighted by Crippen LogP contribution is 2.27. The van der Waals surface area contributed by atoms with Crippen molar-refractivity contribution in [2.75, 3.05) is 13.3 Å². The molecule has 1 amide bonds. The summed E-state index contributed by atoms with van der Waals surface area (Å²) in [5, 5.41) is 0. The molecule has 1 fully saturated rings. The normalized spacial score (nSPS) is 17.2. The Kier molecular flexibility index (Phi) is 6.75. The maximum absolute atomic E-state index is 12.0. The number of benzene rings is 1. The molecule has 1 aromatic carbocycles. The van der Waals surface area contributed by atoms with Crippen molar-refractivity contribution < 1.29 is 28.6 Å². The molecule has 1 saturated heterocycles. The molecule has 0 aromatic heterocycles. The van der Waals surface area contributed by atoms with Crippen LogP contribution in [0.25, 0.3) is 0 Å². The van der Waals surface area contributed by atoms with Gasteiger partial charge in [0.25, 0.3) is 0 Å². The predicted octanol–water partition coefficient (Wildman–Crippen LogP) is 3.06. The van der Waals surface area contributed by atoms with Gasteiger partial charge < -0.3 is 14.2 Å². The van der Waals surface area contributed by atoms with Gasteiger partial charge in [0.15, 0.2) is 6.73 Å². The summed E-state index contributed by atoms with van der Waals surface area (Å²) in [5.41, 5.74) is 0. The Morgan fingerprint density at radius 2 is 1.92 bits per heavy atom. The molecule has 0 aliphatic carbocycles. The summed E-state index contributed by atoms with van der Waals surface area (Å²) < 4.78 is 13.0. The van der Waals surface area contributed by atoms with E-state index in [0.29, 0.717) is 5.75 Å². The van der Waals surface area contributed by atoms with Crippen molar-refractivity contribution in [1.82, 2.24) is 4.90 Å². The van der Waals surface area contributed by atoms with Crippen LogP contribution in [0.2, 0.25) is 0 Å². The molecule has 2 rings (SSSR count). The molecule has 1 aromatic rings. The summed E-state index contributed by atoms with van der Waals surface area (Å²) in [5.74, 6) is -0.792. The van der Waals surface area contributed by atoms with E-state index in [9.17, 15) is 14.4 Å². The van der Waals surface area contributed by atoms with Crippen LogP contribution in [-0.2, 0) is 19.1 Å². The van der Waals surface area contributed by atoms with E-state index in [1.54, 1.807) is 30.3 Å². The summed E-state index contributed by atoms with van der Waals surface area (Å²) in [6.07, 6.45) is -0.949. The second kappa shape index (κ2) is 8.60. The second-order valence-corrected chi connectivity index (χ2v) is 7.59. The Morgan fingerprint density at radius 3 is 2.56 bits per heavy atom. The molecule has 25 heavy (non-hydrogen) atoms. The van der Waals surface area contributed by atoms with Gasteiger partial charge in [-0.05, 0) is 18.6 Å². The van der Waals surface area contributed by atoms with E-state index in [1.165, 1.54) is 0 Å². The third-order valence-electron chi connectivity index (χ3n) is 3.18. The lowest BCUT2D eigenvalue weighted by Gasteiger charge is -2.20. The smallest absolute Gasteiger partial charge is 0.413 e. The van der Waals surface area contributed by atoms with Gasteiger partial charge in [0.05, 0.1) is 0 Å². The van der Waals surface area contributed by atoms with Crippen LogP contribution >= 0.6 is 34.8 Å². The molecule has 10 heteroatoms. The highest BCUT2D eigenvalue weighted by molar-refractivity contribution is 6.67. The molecule has 1 aliphatic rings. The number of rotatable bonds is 5. The summed E-state index contributed by atoms with van der Waals surface area (Å²) >= 11 is 16.5. The van der Waals surface area contributed by atoms with E-state index in [1.807, 2.05) is 0 Å². The van der Waals surface area contributed by atoms with Gasteiger partial charge >= 0.3 is 18.0 Å². The number of para-hydroxylation sites is 1. The van der Waals surface area contributed by atoms with Crippen molar-refractivity contribution in [3.05, 3.63) is 30.3 Å². The van der Waals surface area contributed by atoms with Crippen LogP contribution in [0.3, 0.4) is 0 Å². The number of carbonyl (C=O) groups excluding carboxylic acids is 3. The van der Waals surface area contributed by atoms with Gasteiger partial charge in [0.1, 0.15) is 18.4 Å². The first-order valence-corrected chi connectivity index (χ1v) is 8.32. The van der Waals surface area contributed by atoms with E-state index < -0.39 is 34.5 Å². The number of ether oxygens (including phenoxy) is 3. The van der Waals surface area contributed by atoms with Crippen LogP contribution in [0.5, 0.6) is 5.75 Å². The Bertz CT molecular complexity index is 634. The molecule has 7 nitrogen and oxygen atoms in total. The number of alkyl halides is 3. The minimum atomic E-state index is -1.77. The average Bonchev–Trinajstić information content (AvgIpc) is 2.92. The van der Waals surface area contributed by atoms with E-state index in [-0.39, 0.29) is 19.6 Å². The van der Waals surface area contributed by atoms with Crippen LogP contribution in [0.15, 0.2) is 30.3 Å². The van der Waals surface area contributed by atoms with Gasteiger partial charge in [-0.3, -0.25) is 9.69 Å². The van der Waals surface area contributed by atoms with Crippen LogP contribution in [0.4, 0.5) is 4.79 Å². The van der Waals surface area contributed by atoms with Crippen molar-refractivity contribution in [2.45, 2.75) is 22.7 Å². The molecule has 0 N–H and O–H groups in total. The van der Waals surface area contributed by atoms with E-state index in [4.69, 9.17) is 49.0 Å². The van der Waals surface area contributed by atoms with Gasteiger partial charge in [-0.2, -0.15) is 0 Å². The largest absolute Gasteiger partial charge is 0.445 e. The van der Waals surface area contributed by atoms with Gasteiger partial charge in [-0.15, -0.1) is 0 Å². The highest BCUT2D eigenvalue weighted by Gasteiger charge is 2.39. The second-order valence-electron chi connectivity index (χ2n) is 5.07. The van der Waals surface area contributed by atoms with E-state index in [2.05, 4.69) is 0 Å². The number of cyclic esters (lactones) is 1. The third kappa shape index (κ3) is 6.26. The zero-order chi connectivity index (χ0) is 18.4. The fourth-order valence-electron chi connectivity index (χ4n) is 2.05. The molecule has 1 heterocycles. The zero-order valence-corrected chi connectivity index (χ0v) is 15.1. The van der Waals surface area contributed by atoms with Gasteiger partial charge in [-0.1, -0.05) is 53.0 Å². The average molecular weight is 411 g/mol. The maximum Gasteiger partial charge on any atom is 0.413 e. The number of carbonyl (C=O) groups is 3. The van der Waals surface area contributed by atoms with Crippen LogP contribution in [-0.4, -0.2) is 46.1 Å². The Hall–Kier alpha value is -1.70. The first-order chi connectivity index (χ1) is 11.8. The third-order valence-corrected chi connectivity index (χ3v) is 3.51. The first-order valence-electron chi connectivity index (χ1n) is 7.19. The number of amides is 1. The van der Waals surface area contributed by atoms with Crippen molar-refractivity contribution in [3.63, 3.8) is 0 Å². The number of hydrogen-bond donors (Lipinski definition) is 0.